The first-order chi connectivity index (χ1) is 12.3. The zero-order chi connectivity index (χ0) is 18.9. The normalized spacial score (nSPS) is 16.3. The van der Waals surface area contributed by atoms with Crippen LogP contribution >= 0.6 is 24.0 Å². The van der Waals surface area contributed by atoms with E-state index < -0.39 is 20.6 Å². The molecule has 0 aliphatic carbocycles. The van der Waals surface area contributed by atoms with Crippen molar-refractivity contribution >= 4 is 39.7 Å². The fourth-order valence-electron chi connectivity index (χ4n) is 3.09. The van der Waals surface area contributed by atoms with E-state index in [9.17, 15) is 18.5 Å². The van der Waals surface area contributed by atoms with Crippen molar-refractivity contribution in [1.29, 1.82) is 0 Å². The molecule has 2 N–H and O–H groups in total. The van der Waals surface area contributed by atoms with E-state index in [1.54, 1.807) is 6.92 Å². The first-order valence-electron chi connectivity index (χ1n) is 8.05. The van der Waals surface area contributed by atoms with Crippen molar-refractivity contribution in [2.75, 3.05) is 13.1 Å². The van der Waals surface area contributed by atoms with Crippen molar-refractivity contribution in [3.05, 3.63) is 68.2 Å². The van der Waals surface area contributed by atoms with E-state index in [0.29, 0.717) is 5.56 Å². The Morgan fingerprint density at radius 2 is 2.04 bits per heavy atom. The summed E-state index contributed by atoms with van der Waals surface area (Å²) in [5.41, 5.74) is 2.25. The topological polar surface area (TPSA) is 101 Å². The molecule has 0 aromatic heterocycles. The highest BCUT2D eigenvalue weighted by Crippen LogP contribution is 2.32. The highest BCUT2D eigenvalue weighted by molar-refractivity contribution is 7.89. The summed E-state index contributed by atoms with van der Waals surface area (Å²) in [5, 5.41) is 14.0. The monoisotopic (exact) mass is 431 g/mol. The first kappa shape index (κ1) is 21.6. The fourth-order valence-corrected chi connectivity index (χ4v) is 4.80. The lowest BCUT2D eigenvalue weighted by atomic mass is 9.95. The number of nitro benzene ring substituents is 1. The zero-order valence-corrected chi connectivity index (χ0v) is 16.8. The number of nitro groups is 1. The number of nitrogens with one attached hydrogen (secondary N) is 2. The lowest BCUT2D eigenvalue weighted by molar-refractivity contribution is -0.385. The number of benzene rings is 2. The van der Waals surface area contributed by atoms with Gasteiger partial charge >= 0.3 is 0 Å². The van der Waals surface area contributed by atoms with Gasteiger partial charge in [0.1, 0.15) is 9.92 Å². The Morgan fingerprint density at radius 1 is 1.33 bits per heavy atom. The maximum atomic E-state index is 12.7. The molecule has 1 aliphatic rings. The van der Waals surface area contributed by atoms with E-state index in [1.165, 1.54) is 17.7 Å². The van der Waals surface area contributed by atoms with Crippen LogP contribution in [0.2, 0.25) is 5.02 Å². The Labute approximate surface area is 168 Å². The second-order valence-corrected chi connectivity index (χ2v) is 8.27. The second-order valence-electron chi connectivity index (χ2n) is 6.16. The smallest absolute Gasteiger partial charge is 0.289 e. The average Bonchev–Trinajstić information content (AvgIpc) is 2.61. The minimum atomic E-state index is -4.00. The molecule has 0 saturated carbocycles. The summed E-state index contributed by atoms with van der Waals surface area (Å²) in [4.78, 5) is 10.1. The van der Waals surface area contributed by atoms with Crippen LogP contribution in [0, 0.1) is 17.0 Å². The number of sulfonamides is 1. The van der Waals surface area contributed by atoms with Crippen LogP contribution in [0.25, 0.3) is 0 Å². The predicted molar refractivity (Wildman–Crippen MR) is 106 cm³/mol. The lowest BCUT2D eigenvalue weighted by Crippen LogP contribution is -2.38. The van der Waals surface area contributed by atoms with E-state index in [1.807, 2.05) is 24.3 Å². The van der Waals surface area contributed by atoms with Gasteiger partial charge in [0.15, 0.2) is 0 Å². The van der Waals surface area contributed by atoms with Crippen LogP contribution in [-0.2, 0) is 16.4 Å². The molecule has 0 bridgehead atoms. The molecule has 3 rings (SSSR count). The maximum absolute atomic E-state index is 12.7. The van der Waals surface area contributed by atoms with Gasteiger partial charge in [0.05, 0.1) is 4.92 Å². The zero-order valence-electron chi connectivity index (χ0n) is 14.4. The van der Waals surface area contributed by atoms with Gasteiger partial charge in [0.2, 0.25) is 10.0 Å². The Kier molecular flexibility index (Phi) is 6.82. The fraction of sp³-hybridized carbons (Fsp3) is 0.294. The molecule has 146 valence electrons. The molecule has 0 radical (unpaired) electrons. The molecular formula is C17H19Cl2N3O4S. The maximum Gasteiger partial charge on any atom is 0.289 e. The summed E-state index contributed by atoms with van der Waals surface area (Å²) in [6.45, 7) is 2.46. The average molecular weight is 432 g/mol. The quantitative estimate of drug-likeness (QED) is 0.559. The van der Waals surface area contributed by atoms with Crippen molar-refractivity contribution in [2.45, 2.75) is 24.3 Å². The van der Waals surface area contributed by atoms with Crippen LogP contribution < -0.4 is 10.0 Å². The first-order valence-corrected chi connectivity index (χ1v) is 9.91. The summed E-state index contributed by atoms with van der Waals surface area (Å²) in [7, 11) is -4.00. The minimum absolute atomic E-state index is 0. The molecule has 1 atom stereocenters. The van der Waals surface area contributed by atoms with Gasteiger partial charge in [0.25, 0.3) is 5.69 Å². The van der Waals surface area contributed by atoms with Crippen LogP contribution in [0.1, 0.15) is 22.7 Å². The SMILES string of the molecule is Cc1cc([N+](=O)[O-])c(Cl)c(S(=O)(=O)NCC2NCCc3ccccc32)c1.Cl. The van der Waals surface area contributed by atoms with Gasteiger partial charge in [-0.1, -0.05) is 35.9 Å². The van der Waals surface area contributed by atoms with Crippen molar-refractivity contribution in [1.82, 2.24) is 10.0 Å². The minimum Gasteiger partial charge on any atom is -0.308 e. The number of nitrogens with zero attached hydrogens (tertiary/aromatic N) is 1. The number of fused-ring (bicyclic) bond motifs is 1. The van der Waals surface area contributed by atoms with E-state index in [4.69, 9.17) is 11.6 Å². The van der Waals surface area contributed by atoms with E-state index >= 15 is 0 Å². The van der Waals surface area contributed by atoms with Crippen molar-refractivity contribution in [2.24, 2.45) is 0 Å². The Morgan fingerprint density at radius 3 is 2.74 bits per heavy atom. The molecular weight excluding hydrogens is 413 g/mol. The molecule has 27 heavy (non-hydrogen) atoms. The summed E-state index contributed by atoms with van der Waals surface area (Å²) >= 11 is 5.99. The van der Waals surface area contributed by atoms with E-state index in [-0.39, 0.29) is 34.9 Å². The van der Waals surface area contributed by atoms with Crippen LogP contribution in [0.3, 0.4) is 0 Å². The Bertz CT molecular complexity index is 967. The number of rotatable bonds is 5. The van der Waals surface area contributed by atoms with E-state index in [2.05, 4.69) is 10.0 Å². The Hall–Kier alpha value is -1.71. The molecule has 1 unspecified atom stereocenters. The van der Waals surface area contributed by atoms with Crippen molar-refractivity contribution < 1.29 is 13.3 Å². The highest BCUT2D eigenvalue weighted by atomic mass is 35.5. The molecule has 0 spiro atoms. The molecule has 2 aromatic carbocycles. The van der Waals surface area contributed by atoms with Crippen LogP contribution in [0.15, 0.2) is 41.3 Å². The molecule has 0 fully saturated rings. The molecule has 7 nitrogen and oxygen atoms in total. The number of aryl methyl sites for hydroxylation is 1. The van der Waals surface area contributed by atoms with Gasteiger partial charge in [-0.05, 0) is 42.6 Å². The highest BCUT2D eigenvalue weighted by Gasteiger charge is 2.27. The third kappa shape index (κ3) is 4.59. The van der Waals surface area contributed by atoms with Gasteiger partial charge in [-0.15, -0.1) is 12.4 Å². The third-order valence-corrected chi connectivity index (χ3v) is 6.30. The summed E-state index contributed by atoms with van der Waals surface area (Å²) in [6.07, 6.45) is 0.884. The molecule has 1 heterocycles. The largest absolute Gasteiger partial charge is 0.308 e. The van der Waals surface area contributed by atoms with Gasteiger partial charge in [0, 0.05) is 18.7 Å². The van der Waals surface area contributed by atoms with Crippen LogP contribution in [-0.4, -0.2) is 26.4 Å². The predicted octanol–water partition coefficient (Wildman–Crippen LogP) is 3.14. The molecule has 1 aliphatic heterocycles. The summed E-state index contributed by atoms with van der Waals surface area (Å²) in [6, 6.07) is 10.3. The molecule has 10 heteroatoms. The lowest BCUT2D eigenvalue weighted by Gasteiger charge is -2.27. The molecule has 0 amide bonds. The second kappa shape index (κ2) is 8.53. The van der Waals surface area contributed by atoms with Crippen molar-refractivity contribution in [3.63, 3.8) is 0 Å². The van der Waals surface area contributed by atoms with E-state index in [0.717, 1.165) is 18.5 Å². The summed E-state index contributed by atoms with van der Waals surface area (Å²) < 4.78 is 27.9. The molecule has 2 aromatic rings. The van der Waals surface area contributed by atoms with Gasteiger partial charge in [-0.3, -0.25) is 10.1 Å². The van der Waals surface area contributed by atoms with Gasteiger partial charge in [-0.2, -0.15) is 0 Å². The van der Waals surface area contributed by atoms with Gasteiger partial charge in [-0.25, -0.2) is 13.1 Å². The van der Waals surface area contributed by atoms with Crippen molar-refractivity contribution in [3.8, 4) is 0 Å². The third-order valence-electron chi connectivity index (χ3n) is 4.34. The summed E-state index contributed by atoms with van der Waals surface area (Å²) in [5.74, 6) is 0. The molecule has 0 saturated heterocycles. The van der Waals surface area contributed by atoms with Crippen LogP contribution in [0.5, 0.6) is 0 Å². The Balaban J connectivity index is 0.00000261. The standard InChI is InChI=1S/C17H18ClN3O4S.ClH/c1-11-8-15(21(22)23)17(18)16(9-11)26(24,25)20-10-14-13-5-3-2-4-12(13)6-7-19-14;/h2-5,8-9,14,19-20H,6-7,10H2,1H3;1H. The van der Waals surface area contributed by atoms with Gasteiger partial charge < -0.3 is 5.32 Å². The number of hydrogen-bond donors (Lipinski definition) is 2. The number of halogens is 2. The van der Waals surface area contributed by atoms with Crippen LogP contribution in [0.4, 0.5) is 5.69 Å². The number of hydrogen-bond acceptors (Lipinski definition) is 5.